The average molecular weight is 278 g/mol. The van der Waals surface area contributed by atoms with Crippen LogP contribution in [0.3, 0.4) is 0 Å². The van der Waals surface area contributed by atoms with Gasteiger partial charge in [0.2, 0.25) is 5.91 Å². The summed E-state index contributed by atoms with van der Waals surface area (Å²) in [7, 11) is 0. The molecule has 1 N–H and O–H groups in total. The number of aliphatic carboxylic acids is 1. The second-order valence-corrected chi connectivity index (χ2v) is 4.89. The first kappa shape index (κ1) is 12.5. The lowest BCUT2D eigenvalue weighted by molar-refractivity contribution is -0.148. The number of hydrogen-bond donors (Lipinski definition) is 1. The summed E-state index contributed by atoms with van der Waals surface area (Å²) < 4.78 is 0. The third-order valence-corrected chi connectivity index (χ3v) is 3.48. The van der Waals surface area contributed by atoms with Crippen molar-refractivity contribution in [1.29, 1.82) is 0 Å². The standard InChI is InChI=1S/C10H16BrNO3/c1-2-4-7(11)9(13)12-6-3-5-8(12)10(14)15/h7-8H,2-6H2,1H3,(H,14,15). The van der Waals surface area contributed by atoms with Gasteiger partial charge in [-0.3, -0.25) is 4.79 Å². The molecule has 0 bridgehead atoms. The molecule has 1 amide bonds. The quantitative estimate of drug-likeness (QED) is 0.795. The van der Waals surface area contributed by atoms with E-state index in [-0.39, 0.29) is 10.7 Å². The van der Waals surface area contributed by atoms with Crippen LogP contribution in [-0.2, 0) is 9.59 Å². The molecule has 0 spiro atoms. The molecule has 1 aliphatic heterocycles. The summed E-state index contributed by atoms with van der Waals surface area (Å²) in [6.45, 7) is 2.57. The van der Waals surface area contributed by atoms with Crippen LogP contribution in [0, 0.1) is 0 Å². The van der Waals surface area contributed by atoms with Crippen LogP contribution in [0.25, 0.3) is 0 Å². The zero-order valence-electron chi connectivity index (χ0n) is 8.78. The molecule has 0 aromatic rings. The van der Waals surface area contributed by atoms with Gasteiger partial charge in [0.1, 0.15) is 6.04 Å². The van der Waals surface area contributed by atoms with Crippen molar-refractivity contribution < 1.29 is 14.7 Å². The fourth-order valence-corrected chi connectivity index (χ4v) is 2.56. The molecule has 5 heteroatoms. The highest BCUT2D eigenvalue weighted by atomic mass is 79.9. The van der Waals surface area contributed by atoms with Gasteiger partial charge < -0.3 is 10.0 Å². The van der Waals surface area contributed by atoms with E-state index in [2.05, 4.69) is 15.9 Å². The normalized spacial score (nSPS) is 22.8. The van der Waals surface area contributed by atoms with Gasteiger partial charge in [0, 0.05) is 6.54 Å². The molecule has 1 fully saturated rings. The summed E-state index contributed by atoms with van der Waals surface area (Å²) >= 11 is 3.31. The summed E-state index contributed by atoms with van der Waals surface area (Å²) in [5.74, 6) is -0.973. The number of carboxylic acids is 1. The Labute approximate surface area is 97.8 Å². The molecule has 1 rings (SSSR count). The third-order valence-electron chi connectivity index (χ3n) is 2.63. The number of carboxylic acid groups (broad SMARTS) is 1. The molecule has 1 saturated heterocycles. The number of nitrogens with zero attached hydrogens (tertiary/aromatic N) is 1. The number of likely N-dealkylation sites (tertiary alicyclic amines) is 1. The van der Waals surface area contributed by atoms with Crippen LogP contribution in [0.2, 0.25) is 0 Å². The first-order valence-electron chi connectivity index (χ1n) is 5.25. The smallest absolute Gasteiger partial charge is 0.326 e. The van der Waals surface area contributed by atoms with E-state index in [4.69, 9.17) is 5.11 Å². The van der Waals surface area contributed by atoms with Crippen molar-refractivity contribution in [2.45, 2.75) is 43.5 Å². The van der Waals surface area contributed by atoms with Crippen LogP contribution < -0.4 is 0 Å². The first-order valence-corrected chi connectivity index (χ1v) is 6.16. The summed E-state index contributed by atoms with van der Waals surface area (Å²) in [5.41, 5.74) is 0. The van der Waals surface area contributed by atoms with Crippen molar-refractivity contribution in [3.8, 4) is 0 Å². The van der Waals surface area contributed by atoms with Crippen molar-refractivity contribution in [2.24, 2.45) is 0 Å². The van der Waals surface area contributed by atoms with Gasteiger partial charge in [-0.2, -0.15) is 0 Å². The maximum absolute atomic E-state index is 11.9. The molecule has 0 radical (unpaired) electrons. The molecule has 2 unspecified atom stereocenters. The fourth-order valence-electron chi connectivity index (χ4n) is 1.84. The Morgan fingerprint density at radius 2 is 2.27 bits per heavy atom. The van der Waals surface area contributed by atoms with Crippen LogP contribution in [0.4, 0.5) is 0 Å². The van der Waals surface area contributed by atoms with E-state index in [0.29, 0.717) is 13.0 Å². The lowest BCUT2D eigenvalue weighted by Crippen LogP contribution is -2.43. The zero-order chi connectivity index (χ0) is 11.4. The Kier molecular flexibility index (Phi) is 4.57. The van der Waals surface area contributed by atoms with E-state index in [1.807, 2.05) is 6.92 Å². The van der Waals surface area contributed by atoms with Gasteiger partial charge in [-0.1, -0.05) is 29.3 Å². The molecular formula is C10H16BrNO3. The highest BCUT2D eigenvalue weighted by Gasteiger charge is 2.35. The van der Waals surface area contributed by atoms with Gasteiger partial charge in [-0.25, -0.2) is 4.79 Å². The summed E-state index contributed by atoms with van der Waals surface area (Å²) in [6.07, 6.45) is 3.02. The van der Waals surface area contributed by atoms with Crippen molar-refractivity contribution in [1.82, 2.24) is 4.90 Å². The second-order valence-electron chi connectivity index (χ2n) is 3.78. The van der Waals surface area contributed by atoms with Crippen LogP contribution in [0.1, 0.15) is 32.6 Å². The predicted molar refractivity (Wildman–Crippen MR) is 60.0 cm³/mol. The minimum atomic E-state index is -0.892. The Bertz CT molecular complexity index is 257. The molecule has 1 heterocycles. The maximum atomic E-state index is 11.9. The van der Waals surface area contributed by atoms with Crippen LogP contribution in [-0.4, -0.2) is 39.3 Å². The van der Waals surface area contributed by atoms with Gasteiger partial charge in [-0.15, -0.1) is 0 Å². The molecule has 86 valence electrons. The Hall–Kier alpha value is -0.580. The Morgan fingerprint density at radius 3 is 2.80 bits per heavy atom. The summed E-state index contributed by atoms with van der Waals surface area (Å²) in [6, 6.07) is -0.616. The Morgan fingerprint density at radius 1 is 1.60 bits per heavy atom. The lowest BCUT2D eigenvalue weighted by atomic mass is 10.2. The molecule has 4 nitrogen and oxygen atoms in total. The molecule has 15 heavy (non-hydrogen) atoms. The number of carbonyl (C=O) groups is 2. The SMILES string of the molecule is CCCC(Br)C(=O)N1CCCC1C(=O)O. The topological polar surface area (TPSA) is 57.6 Å². The van der Waals surface area contributed by atoms with Crippen LogP contribution in [0.15, 0.2) is 0 Å². The highest BCUT2D eigenvalue weighted by Crippen LogP contribution is 2.21. The largest absolute Gasteiger partial charge is 0.480 e. The van der Waals surface area contributed by atoms with E-state index in [9.17, 15) is 9.59 Å². The molecule has 0 aromatic heterocycles. The van der Waals surface area contributed by atoms with E-state index in [1.54, 1.807) is 0 Å². The number of amides is 1. The number of alkyl halides is 1. The van der Waals surface area contributed by atoms with Gasteiger partial charge in [0.05, 0.1) is 4.83 Å². The lowest BCUT2D eigenvalue weighted by Gasteiger charge is -2.23. The summed E-state index contributed by atoms with van der Waals surface area (Å²) in [5, 5.41) is 8.94. The number of hydrogen-bond acceptors (Lipinski definition) is 2. The van der Waals surface area contributed by atoms with Crippen LogP contribution in [0.5, 0.6) is 0 Å². The average Bonchev–Trinajstić information content (AvgIpc) is 2.65. The molecular weight excluding hydrogens is 262 g/mol. The van der Waals surface area contributed by atoms with E-state index in [0.717, 1.165) is 19.3 Å². The van der Waals surface area contributed by atoms with E-state index in [1.165, 1.54) is 4.90 Å². The number of halogens is 1. The van der Waals surface area contributed by atoms with Crippen molar-refractivity contribution >= 4 is 27.8 Å². The second kappa shape index (κ2) is 5.49. The van der Waals surface area contributed by atoms with Crippen molar-refractivity contribution in [2.75, 3.05) is 6.54 Å². The molecule has 2 atom stereocenters. The molecule has 0 aliphatic carbocycles. The number of carbonyl (C=O) groups excluding carboxylic acids is 1. The van der Waals surface area contributed by atoms with Gasteiger partial charge in [0.25, 0.3) is 0 Å². The first-order chi connectivity index (χ1) is 7.07. The van der Waals surface area contributed by atoms with Gasteiger partial charge >= 0.3 is 5.97 Å². The van der Waals surface area contributed by atoms with Gasteiger partial charge in [0.15, 0.2) is 0 Å². The molecule has 0 aromatic carbocycles. The summed E-state index contributed by atoms with van der Waals surface area (Å²) in [4.78, 5) is 24.0. The van der Waals surface area contributed by atoms with Crippen molar-refractivity contribution in [3.63, 3.8) is 0 Å². The van der Waals surface area contributed by atoms with E-state index < -0.39 is 12.0 Å². The molecule has 0 saturated carbocycles. The maximum Gasteiger partial charge on any atom is 0.326 e. The fraction of sp³-hybridized carbons (Fsp3) is 0.800. The van der Waals surface area contributed by atoms with Gasteiger partial charge in [-0.05, 0) is 19.3 Å². The Balaban J connectivity index is 2.62. The third kappa shape index (κ3) is 2.93. The minimum absolute atomic E-state index is 0.0817. The van der Waals surface area contributed by atoms with Crippen LogP contribution >= 0.6 is 15.9 Å². The van der Waals surface area contributed by atoms with E-state index >= 15 is 0 Å². The minimum Gasteiger partial charge on any atom is -0.480 e. The van der Waals surface area contributed by atoms with Crippen molar-refractivity contribution in [3.05, 3.63) is 0 Å². The monoisotopic (exact) mass is 277 g/mol. The zero-order valence-corrected chi connectivity index (χ0v) is 10.4. The highest BCUT2D eigenvalue weighted by molar-refractivity contribution is 9.10. The molecule has 1 aliphatic rings. The number of rotatable bonds is 4. The predicted octanol–water partition coefficient (Wildman–Crippen LogP) is 1.63.